The van der Waals surface area contributed by atoms with Gasteiger partial charge in [-0.05, 0) is 91.6 Å². The van der Waals surface area contributed by atoms with Gasteiger partial charge in [0.25, 0.3) is 0 Å². The fraction of sp³-hybridized carbons (Fsp3) is 0.0833. The first-order valence-electron chi connectivity index (χ1n) is 18.3. The molecule has 8 aromatic rings. The molecule has 0 spiro atoms. The molecule has 16 heteroatoms. The predicted octanol–water partition coefficient (Wildman–Crippen LogP) is 2.03. The minimum absolute atomic E-state index is 0. The predicted molar refractivity (Wildman–Crippen MR) is 228 cm³/mol. The molecule has 0 heterocycles. The van der Waals surface area contributed by atoms with Crippen molar-refractivity contribution in [2.75, 3.05) is 26.4 Å². The van der Waals surface area contributed by atoms with E-state index in [-0.39, 0.29) is 49.9 Å². The molecule has 0 fully saturated rings. The molecule has 8 rings (SSSR count). The van der Waals surface area contributed by atoms with Crippen LogP contribution in [0.4, 0.5) is 0 Å². The van der Waals surface area contributed by atoms with Gasteiger partial charge in [0, 0.05) is 0 Å². The van der Waals surface area contributed by atoms with Crippen LogP contribution in [0.1, 0.15) is 0 Å². The zero-order chi connectivity index (χ0) is 42.7. The average molecular weight is 974 g/mol. The second kappa shape index (κ2) is 28.6. The zero-order valence-corrected chi connectivity index (χ0v) is 40.4. The Kier molecular flexibility index (Phi) is 24.6. The second-order valence-electron chi connectivity index (χ2n) is 12.7. The van der Waals surface area contributed by atoms with E-state index < -0.39 is 50.3 Å². The number of hydrogen-bond acceptors (Lipinski definition) is 12. The first kappa shape index (κ1) is 55.1. The number of hydrogen-bond donors (Lipinski definition) is 0. The summed E-state index contributed by atoms with van der Waals surface area (Å²) < 4.78 is 20.1. The van der Waals surface area contributed by atoms with Crippen molar-refractivity contribution >= 4 is 67.0 Å². The number of rotatable bonds is 12. The van der Waals surface area contributed by atoms with Gasteiger partial charge in [0.15, 0.2) is 0 Å². The number of carbonyl (C=O) groups excluding carboxylic acids is 4. The Morgan fingerprint density at radius 1 is 0.297 bits per heavy atom. The van der Waals surface area contributed by atoms with Crippen LogP contribution in [0.15, 0.2) is 170 Å². The molecule has 0 atom stereocenters. The number of fused-ring (bicyclic) bond motifs is 4. The molecular formula is C48H42O14Zn2+2. The molecule has 0 aliphatic heterocycles. The smallest absolute Gasteiger partial charge is 0.546 e. The molecule has 0 bridgehead atoms. The van der Waals surface area contributed by atoms with Crippen molar-refractivity contribution in [1.82, 2.24) is 0 Å². The summed E-state index contributed by atoms with van der Waals surface area (Å²) in [6.07, 6.45) is 0. The number of aliphatic carboxylic acids is 4. The summed E-state index contributed by atoms with van der Waals surface area (Å²) >= 11 is 0. The largest absolute Gasteiger partial charge is 2.00 e. The van der Waals surface area contributed by atoms with Crippen LogP contribution in [-0.2, 0) is 69.1 Å². The van der Waals surface area contributed by atoms with Gasteiger partial charge >= 0.3 is 39.0 Å². The van der Waals surface area contributed by atoms with Crippen molar-refractivity contribution in [3.63, 3.8) is 0 Å². The van der Waals surface area contributed by atoms with Crippen molar-refractivity contribution in [2.45, 2.75) is 0 Å². The van der Waals surface area contributed by atoms with E-state index in [1.54, 1.807) is 48.5 Å². The molecule has 0 radical (unpaired) electrons. The molecule has 0 unspecified atom stereocenters. The monoisotopic (exact) mass is 970 g/mol. The van der Waals surface area contributed by atoms with E-state index >= 15 is 0 Å². The Morgan fingerprint density at radius 2 is 0.469 bits per heavy atom. The maximum absolute atomic E-state index is 10.2. The zero-order valence-electron chi connectivity index (χ0n) is 34.5. The molecule has 0 saturated heterocycles. The Bertz CT molecular complexity index is 2350. The molecule has 0 aliphatic rings. The van der Waals surface area contributed by atoms with E-state index in [1.165, 1.54) is 0 Å². The molecule has 0 aliphatic carbocycles. The van der Waals surface area contributed by atoms with E-state index in [4.69, 9.17) is 18.9 Å². The van der Waals surface area contributed by atoms with Gasteiger partial charge < -0.3 is 69.5 Å². The number of ether oxygens (including phenoxy) is 4. The van der Waals surface area contributed by atoms with Crippen LogP contribution >= 0.6 is 0 Å². The number of carboxylic acids is 4. The Labute approximate surface area is 392 Å². The van der Waals surface area contributed by atoms with Gasteiger partial charge in [-0.1, -0.05) is 121 Å². The Morgan fingerprint density at radius 3 is 0.641 bits per heavy atom. The minimum atomic E-state index is -1.22. The van der Waals surface area contributed by atoms with E-state index in [0.717, 1.165) is 43.1 Å². The minimum Gasteiger partial charge on any atom is -0.546 e. The number of carbonyl (C=O) groups is 4. The summed E-state index contributed by atoms with van der Waals surface area (Å²) in [7, 11) is 0. The summed E-state index contributed by atoms with van der Waals surface area (Å²) in [6.45, 7) is -1.67. The van der Waals surface area contributed by atoms with Crippen molar-refractivity contribution in [3.05, 3.63) is 170 Å². The fourth-order valence-corrected chi connectivity index (χ4v) is 5.60. The van der Waals surface area contributed by atoms with Crippen LogP contribution in [0.3, 0.4) is 0 Å². The van der Waals surface area contributed by atoms with Gasteiger partial charge in [-0.15, -0.1) is 0 Å². The molecule has 320 valence electrons. The summed E-state index contributed by atoms with van der Waals surface area (Å²) in [5.74, 6) is -2.72. The van der Waals surface area contributed by atoms with Crippen LogP contribution in [0.5, 0.6) is 23.0 Å². The van der Waals surface area contributed by atoms with Crippen LogP contribution in [0, 0.1) is 0 Å². The van der Waals surface area contributed by atoms with Crippen LogP contribution in [0.25, 0.3) is 43.1 Å². The van der Waals surface area contributed by atoms with Gasteiger partial charge in [0.1, 0.15) is 49.4 Å². The van der Waals surface area contributed by atoms with Gasteiger partial charge in [-0.2, -0.15) is 0 Å². The standard InChI is InChI=1S/4C12H10O3.2H2O.2Zn/c4*13-12(14)8-15-11-6-5-9-3-1-2-4-10(9)7-11;;;;/h4*1-7H,8H2,(H,13,14);2*1H2;;/q;;;;;;2*+2/p-2. The van der Waals surface area contributed by atoms with Gasteiger partial charge in [0.2, 0.25) is 0 Å². The number of carboxylic acid groups (broad SMARTS) is 4. The van der Waals surface area contributed by atoms with Crippen molar-refractivity contribution in [3.8, 4) is 23.0 Å². The summed E-state index contributed by atoms with van der Waals surface area (Å²) in [4.78, 5) is 40.8. The van der Waals surface area contributed by atoms with E-state index in [0.29, 0.717) is 23.0 Å². The quantitative estimate of drug-likeness (QED) is 0.126. The van der Waals surface area contributed by atoms with E-state index in [2.05, 4.69) is 0 Å². The molecule has 6 N–H and O–H groups in total. The van der Waals surface area contributed by atoms with E-state index in [9.17, 15) is 39.6 Å². The molecule has 0 amide bonds. The van der Waals surface area contributed by atoms with Gasteiger partial charge in [0.05, 0.1) is 23.9 Å². The fourth-order valence-electron chi connectivity index (χ4n) is 5.60. The molecule has 8 aromatic carbocycles. The molecule has 14 nitrogen and oxygen atoms in total. The normalized spacial score (nSPS) is 9.50. The average Bonchev–Trinajstić information content (AvgIpc) is 3.26. The third kappa shape index (κ3) is 18.6. The molecular weight excluding hydrogens is 931 g/mol. The third-order valence-electron chi connectivity index (χ3n) is 8.31. The Balaban J connectivity index is 0.000000418. The summed E-state index contributed by atoms with van der Waals surface area (Å²) in [5.41, 5.74) is 0. The van der Waals surface area contributed by atoms with Gasteiger partial charge in [-0.25, -0.2) is 0 Å². The first-order chi connectivity index (χ1) is 29.0. The molecule has 64 heavy (non-hydrogen) atoms. The van der Waals surface area contributed by atoms with Crippen LogP contribution < -0.4 is 39.4 Å². The third-order valence-corrected chi connectivity index (χ3v) is 8.31. The second-order valence-corrected chi connectivity index (χ2v) is 12.7. The molecule has 0 saturated carbocycles. The topological polar surface area (TPSA) is 263 Å². The van der Waals surface area contributed by atoms with Crippen LogP contribution in [0.2, 0.25) is 0 Å². The van der Waals surface area contributed by atoms with Crippen LogP contribution in [-0.4, -0.2) is 50.3 Å². The maximum atomic E-state index is 10.2. The van der Waals surface area contributed by atoms with Gasteiger partial charge in [-0.3, -0.25) is 0 Å². The Hall–Kier alpha value is -6.95. The molecule has 0 aromatic heterocycles. The number of benzene rings is 8. The van der Waals surface area contributed by atoms with Crippen molar-refractivity contribution in [1.29, 1.82) is 0 Å². The van der Waals surface area contributed by atoms with Crippen molar-refractivity contribution in [2.24, 2.45) is 0 Å². The first-order valence-corrected chi connectivity index (χ1v) is 18.3. The summed E-state index contributed by atoms with van der Waals surface area (Å²) in [5, 5.41) is 49.3. The van der Waals surface area contributed by atoms with Crippen molar-refractivity contribution < 1.29 is 108 Å². The summed E-state index contributed by atoms with van der Waals surface area (Å²) in [6, 6.07) is 52.9. The van der Waals surface area contributed by atoms with E-state index in [1.807, 2.05) is 121 Å². The SMILES string of the molecule is O=C([O-])COc1ccc2ccccc2c1.O=C([O-])COc1ccc2ccccc2c1.O=C([O-])COc1ccc2ccccc2c1.O=C([O-])COc1ccc2ccccc2c1.[OH3+].[OH3+].[Zn+2].[Zn+2]. The maximum Gasteiger partial charge on any atom is 2.00 e.